The number of halogens is 1. The summed E-state index contributed by atoms with van der Waals surface area (Å²) in [6.45, 7) is 29.6. The van der Waals surface area contributed by atoms with Crippen LogP contribution in [0.2, 0.25) is 0 Å². The molecule has 20 nitrogen and oxygen atoms in total. The molecule has 0 aliphatic rings. The van der Waals surface area contributed by atoms with Crippen LogP contribution >= 0.6 is 15.9 Å². The zero-order valence-corrected chi connectivity index (χ0v) is 58.5. The number of methoxy groups -OCH3 is 3. The predicted molar refractivity (Wildman–Crippen MR) is 321 cm³/mol. The molecule has 23 heteroatoms. The largest absolute Gasteiger partial charge is 1.00 e. The van der Waals surface area contributed by atoms with Gasteiger partial charge in [-0.1, -0.05) is 95.0 Å². The van der Waals surface area contributed by atoms with Gasteiger partial charge in [-0.05, 0) is 114 Å². The Hall–Kier alpha value is -1.09. The molecule has 0 aromatic carbocycles. The van der Waals surface area contributed by atoms with E-state index in [1.54, 1.807) is 14.2 Å². The molecule has 0 fully saturated rings. The average molecular weight is 1270 g/mol. The predicted octanol–water partition coefficient (Wildman–Crippen LogP) is 7.27. The number of aliphatic hydroxyl groups excluding tert-OH is 3. The van der Waals surface area contributed by atoms with E-state index in [0.29, 0.717) is 72.3 Å². The van der Waals surface area contributed by atoms with Crippen LogP contribution in [0, 0.1) is 23.7 Å². The summed E-state index contributed by atoms with van der Waals surface area (Å²) >= 11 is 3.38. The molecule has 0 heterocycles. The molecule has 0 amide bonds. The van der Waals surface area contributed by atoms with E-state index in [0.717, 1.165) is 101 Å². The number of aliphatic hydroxyl groups is 3. The minimum atomic E-state index is -3.28. The van der Waals surface area contributed by atoms with Crippen molar-refractivity contribution in [1.82, 2.24) is 0 Å². The summed E-state index contributed by atoms with van der Waals surface area (Å²) < 4.78 is 70.6. The number of hydrogen-bond acceptors (Lipinski definition) is 19. The molecular weight excluding hydrogens is 1150 g/mol. The van der Waals surface area contributed by atoms with Gasteiger partial charge in [0.05, 0.1) is 96.0 Å². The van der Waals surface area contributed by atoms with E-state index < -0.39 is 27.3 Å². The molecule has 0 saturated heterocycles. The Kier molecular flexibility index (Phi) is 73.3. The molecule has 4 atom stereocenters. The topological polar surface area (TPSA) is 276 Å². The van der Waals surface area contributed by atoms with Gasteiger partial charge in [-0.15, -0.1) is 0 Å². The van der Waals surface area contributed by atoms with Gasteiger partial charge in [-0.2, -0.15) is 8.42 Å². The summed E-state index contributed by atoms with van der Waals surface area (Å²) in [5, 5.41) is 34.4. The maximum absolute atomic E-state index is 12.1. The number of esters is 3. The number of carbonyl (C=O) groups is 4. The SMILES string of the molecule is CCCCC(CCBr)C(=O)OC(C)(C)C.CCCCC(CCOC)C(=O)O.CCCCC(CCOC)C(=O)OC(C)(C)C.CCCCC(CCOCCOCCO)C(=O)OC(C)(C)C.COCCOS(C)(=O)=O.OCCOCCO.[H-].[Na+]. The minimum Gasteiger partial charge on any atom is -1.00 e. The zero-order valence-electron chi connectivity index (χ0n) is 55.1. The van der Waals surface area contributed by atoms with E-state index in [-0.39, 0.29) is 105 Å². The monoisotopic (exact) mass is 1270 g/mol. The summed E-state index contributed by atoms with van der Waals surface area (Å²) in [5.41, 5.74) is -1.21. The van der Waals surface area contributed by atoms with Crippen molar-refractivity contribution in [2.24, 2.45) is 23.7 Å². The van der Waals surface area contributed by atoms with Crippen LogP contribution in [0.3, 0.4) is 0 Å². The Morgan fingerprint density at radius 3 is 1.00 bits per heavy atom. The molecule has 4 N–H and O–H groups in total. The van der Waals surface area contributed by atoms with Gasteiger partial charge in [0.15, 0.2) is 0 Å². The van der Waals surface area contributed by atoms with Gasteiger partial charge in [-0.25, -0.2) is 0 Å². The van der Waals surface area contributed by atoms with Crippen LogP contribution in [0.15, 0.2) is 0 Å². The van der Waals surface area contributed by atoms with Crippen molar-refractivity contribution < 1.29 is 126 Å². The number of rotatable bonds is 40. The van der Waals surface area contributed by atoms with Crippen molar-refractivity contribution >= 4 is 49.9 Å². The smallest absolute Gasteiger partial charge is 1.00 e. The number of aliphatic carboxylic acids is 1. The second kappa shape index (κ2) is 63.4. The third-order valence-electron chi connectivity index (χ3n) is 10.3. The number of carbonyl (C=O) groups excluding carboxylic acids is 3. The van der Waals surface area contributed by atoms with E-state index in [1.807, 2.05) is 62.3 Å². The van der Waals surface area contributed by atoms with Crippen LogP contribution in [0.5, 0.6) is 0 Å². The number of hydrogen-bond donors (Lipinski definition) is 4. The molecule has 0 rings (SSSR count). The normalized spacial score (nSPS) is 12.7. The number of alkyl halides is 1. The number of unbranched alkanes of at least 4 members (excludes halogenated alkanes) is 4. The van der Waals surface area contributed by atoms with Crippen LogP contribution < -0.4 is 29.6 Å². The Labute approximate surface area is 524 Å². The van der Waals surface area contributed by atoms with E-state index in [1.165, 1.54) is 7.11 Å². The van der Waals surface area contributed by atoms with Crippen molar-refractivity contribution in [1.29, 1.82) is 0 Å². The van der Waals surface area contributed by atoms with Crippen molar-refractivity contribution in [3.63, 3.8) is 0 Å². The summed E-state index contributed by atoms with van der Waals surface area (Å²) in [5.74, 6) is -1.22. The minimum absolute atomic E-state index is 0. The maximum atomic E-state index is 12.1. The standard InChI is InChI=1S/C16H32O5.C13H26O3.C12H23BrO2.C9H18O3.C4H10O4S.C4H10O3.Na.H/c1-5-6-7-14(15(18)21-16(2,3)4)8-10-19-12-13-20-11-9-17;1-6-7-8-11(9-10-15-5)12(14)16-13(2,3)4;1-5-6-7-10(8-9-13)11(14)15-12(2,3)4;1-3-4-5-8(9(10)11)6-7-12-2;1-7-3-4-8-9(2,5)6;5-1-3-7-4-2-6;;/h14,17H,5-13H2,1-4H3;11H,6-10H2,1-5H3;10H,5-9H2,1-4H3;8H,3-7H2,1-2H3,(H,10,11);3-4H2,1-2H3;5-6H,1-4H2;;/q;;;;;;+1;-1. The summed E-state index contributed by atoms with van der Waals surface area (Å²) in [7, 11) is 1.46. The van der Waals surface area contributed by atoms with Gasteiger partial charge in [0.25, 0.3) is 10.1 Å². The molecule has 0 aliphatic heterocycles. The molecule has 4 unspecified atom stereocenters. The van der Waals surface area contributed by atoms with E-state index in [9.17, 15) is 27.6 Å². The van der Waals surface area contributed by atoms with Crippen LogP contribution in [-0.4, -0.2) is 188 Å². The van der Waals surface area contributed by atoms with Crippen LogP contribution in [0.4, 0.5) is 0 Å². The van der Waals surface area contributed by atoms with Crippen LogP contribution in [0.25, 0.3) is 0 Å². The second-order valence-electron chi connectivity index (χ2n) is 21.7. The fourth-order valence-corrected chi connectivity index (χ4v) is 7.18. The van der Waals surface area contributed by atoms with Gasteiger partial charge in [-0.3, -0.25) is 23.4 Å². The van der Waals surface area contributed by atoms with E-state index in [4.69, 9.17) is 53.6 Å². The average Bonchev–Trinajstić information content (AvgIpc) is 3.35. The summed E-state index contributed by atoms with van der Waals surface area (Å²) in [6, 6.07) is 0. The first kappa shape index (κ1) is 93.6. The first-order valence-electron chi connectivity index (χ1n) is 28.7. The molecule has 486 valence electrons. The molecule has 0 saturated carbocycles. The molecule has 0 aromatic rings. The number of ether oxygens (including phenoxy) is 9. The van der Waals surface area contributed by atoms with Gasteiger partial charge < -0.3 is 64.5 Å². The molecular formula is C58H120BrNaO20S. The Bertz CT molecular complexity index is 1480. The number of carboxylic acid groups (broad SMARTS) is 1. The second-order valence-corrected chi connectivity index (χ2v) is 24.1. The van der Waals surface area contributed by atoms with E-state index in [2.05, 4.69) is 57.3 Å². The maximum Gasteiger partial charge on any atom is 1.00 e. The quantitative estimate of drug-likeness (QED) is 0.0117. The third-order valence-corrected chi connectivity index (χ3v) is 11.3. The van der Waals surface area contributed by atoms with Crippen molar-refractivity contribution in [3.8, 4) is 0 Å². The fourth-order valence-electron chi connectivity index (χ4n) is 6.25. The Morgan fingerprint density at radius 1 is 0.444 bits per heavy atom. The van der Waals surface area contributed by atoms with Gasteiger partial charge in [0, 0.05) is 46.5 Å². The molecule has 0 aromatic heterocycles. The summed E-state index contributed by atoms with van der Waals surface area (Å²) in [4.78, 5) is 46.5. The molecule has 0 spiro atoms. The van der Waals surface area contributed by atoms with Crippen molar-refractivity contribution in [2.45, 2.75) is 210 Å². The fraction of sp³-hybridized carbons (Fsp3) is 0.931. The zero-order chi connectivity index (χ0) is 62.9. The molecule has 0 radical (unpaired) electrons. The number of carboxylic acids is 1. The molecule has 0 bridgehead atoms. The van der Waals surface area contributed by atoms with Crippen LogP contribution in [-0.2, 0) is 76.1 Å². The molecule has 81 heavy (non-hydrogen) atoms. The Balaban J connectivity index is -0.000000137. The van der Waals surface area contributed by atoms with Gasteiger partial charge >= 0.3 is 53.4 Å². The van der Waals surface area contributed by atoms with Crippen molar-refractivity contribution in [2.75, 3.05) is 119 Å². The van der Waals surface area contributed by atoms with Gasteiger partial charge in [0.2, 0.25) is 0 Å². The van der Waals surface area contributed by atoms with Gasteiger partial charge in [0.1, 0.15) is 16.8 Å². The summed E-state index contributed by atoms with van der Waals surface area (Å²) in [6.07, 6.45) is 15.9. The Morgan fingerprint density at radius 2 is 0.728 bits per heavy atom. The first-order chi connectivity index (χ1) is 37.4. The van der Waals surface area contributed by atoms with E-state index >= 15 is 0 Å². The first-order valence-corrected chi connectivity index (χ1v) is 31.7. The molecule has 0 aliphatic carbocycles. The van der Waals surface area contributed by atoms with Crippen LogP contribution in [0.1, 0.15) is 194 Å². The third kappa shape index (κ3) is 81.0. The van der Waals surface area contributed by atoms with Crippen molar-refractivity contribution in [3.05, 3.63) is 0 Å².